The molecule has 2 rings (SSSR count). The minimum absolute atomic E-state index is 0.0330. The summed E-state index contributed by atoms with van der Waals surface area (Å²) in [5.41, 5.74) is 3.19. The highest BCUT2D eigenvalue weighted by Crippen LogP contribution is 2.33. The molecule has 1 aliphatic rings. The molecule has 21 heavy (non-hydrogen) atoms. The summed E-state index contributed by atoms with van der Waals surface area (Å²) in [5.74, 6) is -1.36. The minimum atomic E-state index is -0.784. The average Bonchev–Trinajstić information content (AvgIpc) is 2.97. The summed E-state index contributed by atoms with van der Waals surface area (Å²) < 4.78 is 0. The second-order valence-electron chi connectivity index (χ2n) is 5.69. The van der Waals surface area contributed by atoms with E-state index in [0.717, 1.165) is 29.7 Å². The maximum atomic E-state index is 12.4. The van der Waals surface area contributed by atoms with Gasteiger partial charge in [-0.15, -0.1) is 0 Å². The van der Waals surface area contributed by atoms with Crippen LogP contribution in [0.25, 0.3) is 0 Å². The Morgan fingerprint density at radius 1 is 1.14 bits per heavy atom. The molecule has 1 aromatic rings. The van der Waals surface area contributed by atoms with Gasteiger partial charge < -0.3 is 10.4 Å². The first kappa shape index (κ1) is 15.5. The molecule has 2 atom stereocenters. The molecule has 1 aromatic carbocycles. The first-order valence-corrected chi connectivity index (χ1v) is 7.71. The van der Waals surface area contributed by atoms with Gasteiger partial charge in [0.25, 0.3) is 0 Å². The number of hydrogen-bond donors (Lipinski definition) is 2. The van der Waals surface area contributed by atoms with Gasteiger partial charge in [-0.1, -0.05) is 32.0 Å². The zero-order valence-electron chi connectivity index (χ0n) is 12.7. The van der Waals surface area contributed by atoms with Gasteiger partial charge in [-0.25, -0.2) is 0 Å². The van der Waals surface area contributed by atoms with Crippen molar-refractivity contribution in [2.75, 3.05) is 5.32 Å². The Balaban J connectivity index is 2.12. The highest BCUT2D eigenvalue weighted by atomic mass is 16.4. The van der Waals surface area contributed by atoms with E-state index in [1.807, 2.05) is 18.2 Å². The van der Waals surface area contributed by atoms with Crippen LogP contribution in [0.1, 0.15) is 44.2 Å². The van der Waals surface area contributed by atoms with Crippen molar-refractivity contribution in [3.05, 3.63) is 29.3 Å². The molecular weight excluding hydrogens is 266 g/mol. The highest BCUT2D eigenvalue weighted by Gasteiger charge is 2.34. The maximum absolute atomic E-state index is 12.4. The van der Waals surface area contributed by atoms with Crippen LogP contribution in [0.5, 0.6) is 0 Å². The third-order valence-corrected chi connectivity index (χ3v) is 4.40. The minimum Gasteiger partial charge on any atom is -0.481 e. The summed E-state index contributed by atoms with van der Waals surface area (Å²) in [5, 5.41) is 12.1. The molecule has 0 saturated heterocycles. The molecule has 2 N–H and O–H groups in total. The lowest BCUT2D eigenvalue weighted by molar-refractivity contribution is -0.141. The van der Waals surface area contributed by atoms with Crippen molar-refractivity contribution in [1.29, 1.82) is 0 Å². The zero-order chi connectivity index (χ0) is 15.4. The number of rotatable bonds is 5. The Morgan fingerprint density at radius 3 is 2.19 bits per heavy atom. The summed E-state index contributed by atoms with van der Waals surface area (Å²) in [4.78, 5) is 23.4. The summed E-state index contributed by atoms with van der Waals surface area (Å²) in [6.45, 7) is 4.14. The topological polar surface area (TPSA) is 66.4 Å². The molecule has 4 nitrogen and oxygen atoms in total. The van der Waals surface area contributed by atoms with E-state index < -0.39 is 5.97 Å². The molecule has 2 unspecified atom stereocenters. The SMILES string of the molecule is CCc1cccc(CC)c1NC(=O)C1CCC(C(=O)O)C1. The van der Waals surface area contributed by atoms with Gasteiger partial charge in [-0.2, -0.15) is 0 Å². The molecule has 0 radical (unpaired) electrons. The van der Waals surface area contributed by atoms with Crippen molar-refractivity contribution >= 4 is 17.6 Å². The third kappa shape index (κ3) is 3.43. The second kappa shape index (κ2) is 6.74. The van der Waals surface area contributed by atoms with Crippen molar-refractivity contribution in [3.8, 4) is 0 Å². The van der Waals surface area contributed by atoms with Crippen LogP contribution in [0, 0.1) is 11.8 Å². The van der Waals surface area contributed by atoms with Crippen molar-refractivity contribution < 1.29 is 14.7 Å². The summed E-state index contributed by atoms with van der Waals surface area (Å²) in [6, 6.07) is 6.08. The molecular formula is C17H23NO3. The molecule has 0 bridgehead atoms. The monoisotopic (exact) mass is 289 g/mol. The molecule has 1 aliphatic carbocycles. The van der Waals surface area contributed by atoms with Crippen LogP contribution in [0.3, 0.4) is 0 Å². The van der Waals surface area contributed by atoms with E-state index in [9.17, 15) is 9.59 Å². The number of carbonyl (C=O) groups is 2. The van der Waals surface area contributed by atoms with Crippen LogP contribution < -0.4 is 5.32 Å². The lowest BCUT2D eigenvalue weighted by Crippen LogP contribution is -2.23. The lowest BCUT2D eigenvalue weighted by atomic mass is 10.0. The Morgan fingerprint density at radius 2 is 1.71 bits per heavy atom. The number of benzene rings is 1. The Hall–Kier alpha value is -1.84. The van der Waals surface area contributed by atoms with Gasteiger partial charge in [-0.3, -0.25) is 9.59 Å². The van der Waals surface area contributed by atoms with E-state index in [0.29, 0.717) is 19.3 Å². The summed E-state index contributed by atoms with van der Waals surface area (Å²) in [6.07, 6.45) is 3.46. The first-order chi connectivity index (χ1) is 10.1. The van der Waals surface area contributed by atoms with Crippen LogP contribution in [0.4, 0.5) is 5.69 Å². The Labute approximate surface area is 125 Å². The standard InChI is InChI=1S/C17H23NO3/c1-3-11-6-5-7-12(4-2)15(11)18-16(19)13-8-9-14(10-13)17(20)21/h5-7,13-14H,3-4,8-10H2,1-2H3,(H,18,19)(H,20,21). The number of aryl methyl sites for hydroxylation is 2. The highest BCUT2D eigenvalue weighted by molar-refractivity contribution is 5.94. The quantitative estimate of drug-likeness (QED) is 0.874. The Bertz CT molecular complexity index is 517. The van der Waals surface area contributed by atoms with Gasteiger partial charge in [0, 0.05) is 11.6 Å². The summed E-state index contributed by atoms with van der Waals surface area (Å²) in [7, 11) is 0. The van der Waals surface area contributed by atoms with Crippen LogP contribution in [0.15, 0.2) is 18.2 Å². The number of carboxylic acid groups (broad SMARTS) is 1. The van der Waals surface area contributed by atoms with E-state index >= 15 is 0 Å². The zero-order valence-corrected chi connectivity index (χ0v) is 12.7. The molecule has 0 spiro atoms. The van der Waals surface area contributed by atoms with Gasteiger partial charge >= 0.3 is 5.97 Å². The number of carboxylic acids is 1. The molecule has 0 aliphatic heterocycles. The Kier molecular flexibility index (Phi) is 4.99. The number of carbonyl (C=O) groups excluding carboxylic acids is 1. The van der Waals surface area contributed by atoms with Gasteiger partial charge in [0.05, 0.1) is 5.92 Å². The molecule has 4 heteroatoms. The van der Waals surface area contributed by atoms with Gasteiger partial charge in [0.2, 0.25) is 5.91 Å². The van der Waals surface area contributed by atoms with E-state index in [2.05, 4.69) is 19.2 Å². The number of anilines is 1. The smallest absolute Gasteiger partial charge is 0.306 e. The van der Waals surface area contributed by atoms with Crippen molar-refractivity contribution in [2.45, 2.75) is 46.0 Å². The van der Waals surface area contributed by atoms with Crippen LogP contribution in [-0.4, -0.2) is 17.0 Å². The number of para-hydroxylation sites is 1. The van der Waals surface area contributed by atoms with Crippen LogP contribution in [-0.2, 0) is 22.4 Å². The normalized spacial score (nSPS) is 21.2. The number of nitrogens with one attached hydrogen (secondary N) is 1. The largest absolute Gasteiger partial charge is 0.481 e. The van der Waals surface area contributed by atoms with Gasteiger partial charge in [0.15, 0.2) is 0 Å². The predicted molar refractivity (Wildman–Crippen MR) is 82.3 cm³/mol. The average molecular weight is 289 g/mol. The molecule has 1 saturated carbocycles. The predicted octanol–water partition coefficient (Wildman–Crippen LogP) is 3.25. The van der Waals surface area contributed by atoms with Crippen molar-refractivity contribution in [1.82, 2.24) is 0 Å². The van der Waals surface area contributed by atoms with E-state index in [1.54, 1.807) is 0 Å². The molecule has 0 heterocycles. The second-order valence-corrected chi connectivity index (χ2v) is 5.69. The van der Waals surface area contributed by atoms with Crippen LogP contribution >= 0.6 is 0 Å². The van der Waals surface area contributed by atoms with E-state index in [4.69, 9.17) is 5.11 Å². The fourth-order valence-electron chi connectivity index (χ4n) is 3.07. The van der Waals surface area contributed by atoms with E-state index in [1.165, 1.54) is 0 Å². The third-order valence-electron chi connectivity index (χ3n) is 4.40. The molecule has 1 amide bonds. The molecule has 0 aromatic heterocycles. The fourth-order valence-corrected chi connectivity index (χ4v) is 3.07. The molecule has 114 valence electrons. The maximum Gasteiger partial charge on any atom is 0.306 e. The lowest BCUT2D eigenvalue weighted by Gasteiger charge is -2.17. The van der Waals surface area contributed by atoms with Crippen LogP contribution in [0.2, 0.25) is 0 Å². The van der Waals surface area contributed by atoms with Crippen molar-refractivity contribution in [2.24, 2.45) is 11.8 Å². The molecule has 1 fully saturated rings. The first-order valence-electron chi connectivity index (χ1n) is 7.71. The number of hydrogen-bond acceptors (Lipinski definition) is 2. The van der Waals surface area contributed by atoms with E-state index in [-0.39, 0.29) is 17.7 Å². The van der Waals surface area contributed by atoms with Gasteiger partial charge in [0.1, 0.15) is 0 Å². The fraction of sp³-hybridized carbons (Fsp3) is 0.529. The number of aliphatic carboxylic acids is 1. The van der Waals surface area contributed by atoms with Gasteiger partial charge in [-0.05, 0) is 43.2 Å². The van der Waals surface area contributed by atoms with Crippen molar-refractivity contribution in [3.63, 3.8) is 0 Å². The number of amides is 1. The summed E-state index contributed by atoms with van der Waals surface area (Å²) >= 11 is 0.